The minimum absolute atomic E-state index is 0.135. The van der Waals surface area contributed by atoms with Crippen LogP contribution in [-0.4, -0.2) is 5.91 Å². The van der Waals surface area contributed by atoms with E-state index in [1.54, 1.807) is 30.3 Å². The predicted octanol–water partition coefficient (Wildman–Crippen LogP) is 5.55. The van der Waals surface area contributed by atoms with Crippen LogP contribution in [0.25, 0.3) is 11.6 Å². The molecule has 1 heterocycles. The van der Waals surface area contributed by atoms with Gasteiger partial charge in [-0.1, -0.05) is 48.0 Å². The van der Waals surface area contributed by atoms with E-state index in [0.717, 1.165) is 22.4 Å². The van der Waals surface area contributed by atoms with Crippen molar-refractivity contribution in [3.05, 3.63) is 94.3 Å². The first-order chi connectivity index (χ1) is 13.1. The number of hydrogen-bond acceptors (Lipinski definition) is 2. The lowest BCUT2D eigenvalue weighted by atomic mass is 10.0. The zero-order valence-corrected chi connectivity index (χ0v) is 15.0. The smallest absolute Gasteiger partial charge is 0.256 e. The molecule has 3 nitrogen and oxygen atoms in total. The molecule has 5 heteroatoms. The molecule has 0 aromatic heterocycles. The largest absolute Gasteiger partial charge is 0.487 e. The van der Waals surface area contributed by atoms with Crippen molar-refractivity contribution in [3.63, 3.8) is 0 Å². The summed E-state index contributed by atoms with van der Waals surface area (Å²) in [7, 11) is 0. The van der Waals surface area contributed by atoms with Gasteiger partial charge in [-0.3, -0.25) is 4.79 Å². The van der Waals surface area contributed by atoms with Gasteiger partial charge in [-0.05, 0) is 47.5 Å². The van der Waals surface area contributed by atoms with Gasteiger partial charge >= 0.3 is 0 Å². The Morgan fingerprint density at radius 2 is 1.81 bits per heavy atom. The van der Waals surface area contributed by atoms with Gasteiger partial charge < -0.3 is 10.1 Å². The van der Waals surface area contributed by atoms with Crippen LogP contribution < -0.4 is 10.1 Å². The van der Waals surface area contributed by atoms with Gasteiger partial charge in [-0.15, -0.1) is 0 Å². The van der Waals surface area contributed by atoms with E-state index in [-0.39, 0.29) is 18.3 Å². The minimum Gasteiger partial charge on any atom is -0.487 e. The molecule has 0 spiro atoms. The third-order valence-electron chi connectivity index (χ3n) is 4.28. The fourth-order valence-corrected chi connectivity index (χ4v) is 3.16. The van der Waals surface area contributed by atoms with E-state index in [2.05, 4.69) is 5.32 Å². The fraction of sp³-hybridized carbons (Fsp3) is 0.0455. The van der Waals surface area contributed by atoms with Crippen LogP contribution >= 0.6 is 11.6 Å². The quantitative estimate of drug-likeness (QED) is 0.603. The lowest BCUT2D eigenvalue weighted by Crippen LogP contribution is -2.03. The van der Waals surface area contributed by atoms with Crippen molar-refractivity contribution in [2.45, 2.75) is 6.61 Å². The van der Waals surface area contributed by atoms with Gasteiger partial charge in [0, 0.05) is 16.8 Å². The average Bonchev–Trinajstić information content (AvgIpc) is 2.98. The third-order valence-corrected chi connectivity index (χ3v) is 4.58. The van der Waals surface area contributed by atoms with Gasteiger partial charge in [0.25, 0.3) is 5.91 Å². The van der Waals surface area contributed by atoms with Crippen molar-refractivity contribution in [1.29, 1.82) is 0 Å². The van der Waals surface area contributed by atoms with Gasteiger partial charge in [-0.2, -0.15) is 0 Å². The molecule has 0 atom stereocenters. The number of fused-ring (bicyclic) bond motifs is 1. The summed E-state index contributed by atoms with van der Waals surface area (Å²) in [6.07, 6.45) is 1.80. The predicted molar refractivity (Wildman–Crippen MR) is 105 cm³/mol. The zero-order valence-electron chi connectivity index (χ0n) is 14.2. The molecule has 1 N–H and O–H groups in total. The van der Waals surface area contributed by atoms with Crippen molar-refractivity contribution < 1.29 is 13.9 Å². The second-order valence-corrected chi connectivity index (χ2v) is 6.57. The summed E-state index contributed by atoms with van der Waals surface area (Å²) >= 11 is 6.33. The Morgan fingerprint density at radius 3 is 2.59 bits per heavy atom. The Balaban J connectivity index is 1.53. The van der Waals surface area contributed by atoms with Crippen LogP contribution in [-0.2, 0) is 11.4 Å². The van der Waals surface area contributed by atoms with Gasteiger partial charge in [0.1, 0.15) is 18.2 Å². The Labute approximate surface area is 161 Å². The first-order valence-corrected chi connectivity index (χ1v) is 8.77. The Bertz CT molecular complexity index is 1040. The van der Waals surface area contributed by atoms with E-state index in [0.29, 0.717) is 16.3 Å². The Hall–Kier alpha value is -3.11. The summed E-state index contributed by atoms with van der Waals surface area (Å²) in [5.74, 6) is 0.107. The van der Waals surface area contributed by atoms with Crippen LogP contribution in [0.15, 0.2) is 66.7 Å². The molecule has 0 bridgehead atoms. The second-order valence-electron chi connectivity index (χ2n) is 6.16. The molecule has 1 amide bonds. The normalized spacial score (nSPS) is 14.1. The maximum atomic E-state index is 12.9. The number of benzene rings is 3. The molecule has 0 saturated carbocycles. The standard InChI is InChI=1S/C22H15ClFNO2/c23-19-12-15(11-18-17-3-1-2-4-20(17)25-22(18)26)7-10-21(19)27-13-14-5-8-16(24)9-6-14/h1-12H,13H2,(H,25,26)/b18-11-. The Morgan fingerprint density at radius 1 is 1.04 bits per heavy atom. The first kappa shape index (κ1) is 17.3. The molecule has 0 radical (unpaired) electrons. The number of anilines is 1. The molecule has 3 aromatic carbocycles. The van der Waals surface area contributed by atoms with Crippen LogP contribution in [0.4, 0.5) is 10.1 Å². The molecular weight excluding hydrogens is 365 g/mol. The summed E-state index contributed by atoms with van der Waals surface area (Å²) < 4.78 is 18.7. The molecule has 4 rings (SSSR count). The van der Waals surface area contributed by atoms with Crippen LogP contribution in [0, 0.1) is 5.82 Å². The number of para-hydroxylation sites is 1. The number of rotatable bonds is 4. The number of amides is 1. The molecule has 3 aromatic rings. The first-order valence-electron chi connectivity index (χ1n) is 8.39. The maximum Gasteiger partial charge on any atom is 0.256 e. The van der Waals surface area contributed by atoms with E-state index in [1.165, 1.54) is 12.1 Å². The molecule has 0 unspecified atom stereocenters. The SMILES string of the molecule is O=C1Nc2ccccc2/C1=C/c1ccc(OCc2ccc(F)cc2)c(Cl)c1. The van der Waals surface area contributed by atoms with E-state index >= 15 is 0 Å². The van der Waals surface area contributed by atoms with Crippen LogP contribution in [0.1, 0.15) is 16.7 Å². The molecule has 0 aliphatic carbocycles. The summed E-state index contributed by atoms with van der Waals surface area (Å²) in [6.45, 7) is 0.288. The van der Waals surface area contributed by atoms with Gasteiger partial charge in [0.15, 0.2) is 0 Å². The molecule has 27 heavy (non-hydrogen) atoms. The topological polar surface area (TPSA) is 38.3 Å². The zero-order chi connectivity index (χ0) is 18.8. The van der Waals surface area contributed by atoms with Crippen molar-refractivity contribution >= 4 is 34.8 Å². The molecule has 134 valence electrons. The monoisotopic (exact) mass is 379 g/mol. The highest BCUT2D eigenvalue weighted by atomic mass is 35.5. The summed E-state index contributed by atoms with van der Waals surface area (Å²) in [6, 6.07) is 19.0. The lowest BCUT2D eigenvalue weighted by Gasteiger charge is -2.09. The summed E-state index contributed by atoms with van der Waals surface area (Å²) in [5, 5.41) is 3.29. The lowest BCUT2D eigenvalue weighted by molar-refractivity contribution is -0.110. The van der Waals surface area contributed by atoms with E-state index in [1.807, 2.05) is 30.3 Å². The van der Waals surface area contributed by atoms with Crippen molar-refractivity contribution in [2.75, 3.05) is 5.32 Å². The highest BCUT2D eigenvalue weighted by Gasteiger charge is 2.23. The number of hydrogen-bond donors (Lipinski definition) is 1. The third kappa shape index (κ3) is 3.71. The number of ether oxygens (including phenoxy) is 1. The minimum atomic E-state index is -0.285. The molecule has 0 fully saturated rings. The van der Waals surface area contributed by atoms with Crippen LogP contribution in [0.5, 0.6) is 5.75 Å². The van der Waals surface area contributed by atoms with E-state index in [9.17, 15) is 9.18 Å². The van der Waals surface area contributed by atoms with E-state index in [4.69, 9.17) is 16.3 Å². The van der Waals surface area contributed by atoms with Gasteiger partial charge in [-0.25, -0.2) is 4.39 Å². The van der Waals surface area contributed by atoms with Crippen LogP contribution in [0.3, 0.4) is 0 Å². The molecule has 0 saturated heterocycles. The highest BCUT2D eigenvalue weighted by Crippen LogP contribution is 2.34. The van der Waals surface area contributed by atoms with Crippen molar-refractivity contribution in [2.24, 2.45) is 0 Å². The number of carbonyl (C=O) groups is 1. The van der Waals surface area contributed by atoms with Gasteiger partial charge in [0.05, 0.1) is 5.02 Å². The van der Waals surface area contributed by atoms with Crippen LogP contribution in [0.2, 0.25) is 5.02 Å². The van der Waals surface area contributed by atoms with Crippen molar-refractivity contribution in [3.8, 4) is 5.75 Å². The molecular formula is C22H15ClFNO2. The summed E-state index contributed by atoms with van der Waals surface area (Å²) in [4.78, 5) is 12.2. The average molecular weight is 380 g/mol. The summed E-state index contributed by atoms with van der Waals surface area (Å²) in [5.41, 5.74) is 3.92. The number of halogens is 2. The molecule has 1 aliphatic rings. The second kappa shape index (κ2) is 7.25. The fourth-order valence-electron chi connectivity index (χ4n) is 2.91. The molecule has 1 aliphatic heterocycles. The van der Waals surface area contributed by atoms with E-state index < -0.39 is 0 Å². The van der Waals surface area contributed by atoms with Gasteiger partial charge in [0.2, 0.25) is 0 Å². The number of nitrogens with one attached hydrogen (secondary N) is 1. The number of carbonyl (C=O) groups excluding carboxylic acids is 1. The van der Waals surface area contributed by atoms with Crippen molar-refractivity contribution in [1.82, 2.24) is 0 Å². The highest BCUT2D eigenvalue weighted by molar-refractivity contribution is 6.35. The maximum absolute atomic E-state index is 12.9. The Kier molecular flexibility index (Phi) is 4.65.